The Balaban J connectivity index is 2.28. The molecule has 158 valence electrons. The van der Waals surface area contributed by atoms with Crippen LogP contribution < -0.4 is 4.74 Å². The van der Waals surface area contributed by atoms with Crippen LogP contribution >= 0.6 is 0 Å². The van der Waals surface area contributed by atoms with Gasteiger partial charge in [0, 0.05) is 13.5 Å². The lowest BCUT2D eigenvalue weighted by Crippen LogP contribution is -2.12. The molecular formula is C25H34O4. The standard InChI is InChI=1S/C25H34O4/c1-4-5-6-7-8-9-10-11-12-13-14-23(27-2)19-20-29-24-17-15-22(16-18-24)21-25(26)28-3/h5-6,9-18,23H,4,7-8,19-21H2,1-3H3/b6-5-,10-9+,12-11-,14-13+/t23-/m1/s1. The van der Waals surface area contributed by atoms with Crippen molar-refractivity contribution in [2.75, 3.05) is 20.8 Å². The maximum absolute atomic E-state index is 11.3. The molecular weight excluding hydrogens is 364 g/mol. The van der Waals surface area contributed by atoms with Crippen molar-refractivity contribution in [1.29, 1.82) is 0 Å². The predicted molar refractivity (Wildman–Crippen MR) is 119 cm³/mol. The molecule has 0 N–H and O–H groups in total. The fraction of sp³-hybridized carbons (Fsp3) is 0.400. The van der Waals surface area contributed by atoms with Gasteiger partial charge in [-0.05, 0) is 37.0 Å². The third-order valence-corrected chi connectivity index (χ3v) is 4.17. The largest absolute Gasteiger partial charge is 0.493 e. The summed E-state index contributed by atoms with van der Waals surface area (Å²) >= 11 is 0. The molecule has 0 saturated heterocycles. The number of rotatable bonds is 14. The highest BCUT2D eigenvalue weighted by atomic mass is 16.5. The van der Waals surface area contributed by atoms with Gasteiger partial charge in [0.2, 0.25) is 0 Å². The van der Waals surface area contributed by atoms with E-state index in [1.54, 1.807) is 7.11 Å². The smallest absolute Gasteiger partial charge is 0.309 e. The minimum atomic E-state index is -0.248. The molecule has 0 aromatic heterocycles. The van der Waals surface area contributed by atoms with Gasteiger partial charge in [-0.2, -0.15) is 0 Å². The van der Waals surface area contributed by atoms with Crippen molar-refractivity contribution in [2.24, 2.45) is 0 Å². The van der Waals surface area contributed by atoms with Crippen LogP contribution in [0.3, 0.4) is 0 Å². The number of allylic oxidation sites excluding steroid dienone is 7. The van der Waals surface area contributed by atoms with E-state index in [0.717, 1.165) is 37.0 Å². The summed E-state index contributed by atoms with van der Waals surface area (Å²) in [5, 5.41) is 0. The Morgan fingerprint density at radius 1 is 0.966 bits per heavy atom. The Labute approximate surface area is 175 Å². The lowest BCUT2D eigenvalue weighted by atomic mass is 10.1. The van der Waals surface area contributed by atoms with Gasteiger partial charge in [0.1, 0.15) is 5.75 Å². The van der Waals surface area contributed by atoms with Gasteiger partial charge in [0.05, 0.1) is 26.2 Å². The van der Waals surface area contributed by atoms with Crippen molar-refractivity contribution < 1.29 is 19.0 Å². The molecule has 0 aliphatic heterocycles. The SMILES string of the molecule is CC/C=C\CC/C=C/C=C\C=C\[C@H](CCOc1ccc(CC(=O)OC)cc1)OC. The quantitative estimate of drug-likeness (QED) is 0.177. The second-order valence-electron chi connectivity index (χ2n) is 6.46. The highest BCUT2D eigenvalue weighted by Gasteiger charge is 2.05. The third kappa shape index (κ3) is 12.5. The number of hydrogen-bond donors (Lipinski definition) is 0. The highest BCUT2D eigenvalue weighted by molar-refractivity contribution is 5.72. The Hall–Kier alpha value is -2.59. The Kier molecular flexibility index (Phi) is 13.8. The summed E-state index contributed by atoms with van der Waals surface area (Å²) in [4.78, 5) is 11.3. The third-order valence-electron chi connectivity index (χ3n) is 4.17. The predicted octanol–water partition coefficient (Wildman–Crippen LogP) is 5.60. The van der Waals surface area contributed by atoms with E-state index in [0.29, 0.717) is 6.61 Å². The summed E-state index contributed by atoms with van der Waals surface area (Å²) in [6.45, 7) is 2.70. The number of hydrogen-bond acceptors (Lipinski definition) is 4. The first-order valence-corrected chi connectivity index (χ1v) is 10.2. The number of unbranched alkanes of at least 4 members (excludes halogenated alkanes) is 1. The monoisotopic (exact) mass is 398 g/mol. The molecule has 4 heteroatoms. The summed E-state index contributed by atoms with van der Waals surface area (Å²) in [5.74, 6) is 0.526. The molecule has 0 amide bonds. The van der Waals surface area contributed by atoms with Crippen LogP contribution in [0, 0.1) is 0 Å². The maximum Gasteiger partial charge on any atom is 0.309 e. The van der Waals surface area contributed by atoms with Crippen molar-refractivity contribution >= 4 is 5.97 Å². The average Bonchev–Trinajstić information content (AvgIpc) is 2.74. The number of carbonyl (C=O) groups is 1. The van der Waals surface area contributed by atoms with E-state index in [-0.39, 0.29) is 18.5 Å². The molecule has 0 spiro atoms. The van der Waals surface area contributed by atoms with E-state index in [2.05, 4.69) is 36.0 Å². The van der Waals surface area contributed by atoms with Gasteiger partial charge in [0.15, 0.2) is 0 Å². The molecule has 0 radical (unpaired) electrons. The summed E-state index contributed by atoms with van der Waals surface area (Å²) in [5.41, 5.74) is 0.903. The molecule has 1 aromatic carbocycles. The molecule has 1 rings (SSSR count). The van der Waals surface area contributed by atoms with Crippen LogP contribution in [-0.4, -0.2) is 32.9 Å². The Morgan fingerprint density at radius 3 is 2.38 bits per heavy atom. The van der Waals surface area contributed by atoms with Crippen molar-refractivity contribution in [2.45, 2.75) is 45.1 Å². The van der Waals surface area contributed by atoms with Crippen LogP contribution in [0.2, 0.25) is 0 Å². The fourth-order valence-electron chi connectivity index (χ4n) is 2.50. The molecule has 29 heavy (non-hydrogen) atoms. The molecule has 1 atom stereocenters. The van der Waals surface area contributed by atoms with Gasteiger partial charge in [-0.1, -0.05) is 67.7 Å². The molecule has 0 saturated carbocycles. The number of carbonyl (C=O) groups excluding carboxylic acids is 1. The molecule has 0 fully saturated rings. The van der Waals surface area contributed by atoms with Crippen molar-refractivity contribution in [3.8, 4) is 5.75 Å². The lowest BCUT2D eigenvalue weighted by Gasteiger charge is -2.12. The van der Waals surface area contributed by atoms with Crippen molar-refractivity contribution in [1.82, 2.24) is 0 Å². The zero-order valence-corrected chi connectivity index (χ0v) is 17.9. The van der Waals surface area contributed by atoms with Gasteiger partial charge >= 0.3 is 5.97 Å². The minimum absolute atomic E-state index is 0.00130. The molecule has 0 heterocycles. The van der Waals surface area contributed by atoms with E-state index >= 15 is 0 Å². The first-order chi connectivity index (χ1) is 14.2. The molecule has 0 aliphatic carbocycles. The Morgan fingerprint density at radius 2 is 1.69 bits per heavy atom. The summed E-state index contributed by atoms with van der Waals surface area (Å²) < 4.78 is 15.9. The number of benzene rings is 1. The zero-order chi connectivity index (χ0) is 21.2. The molecule has 0 bridgehead atoms. The Bertz CT molecular complexity index is 669. The average molecular weight is 399 g/mol. The van der Waals surface area contributed by atoms with E-state index < -0.39 is 0 Å². The van der Waals surface area contributed by atoms with E-state index in [4.69, 9.17) is 9.47 Å². The number of ether oxygens (including phenoxy) is 3. The van der Waals surface area contributed by atoms with Gasteiger partial charge in [-0.3, -0.25) is 4.79 Å². The van der Waals surface area contributed by atoms with Crippen LogP contribution in [0.25, 0.3) is 0 Å². The van der Waals surface area contributed by atoms with Crippen LogP contribution in [0.4, 0.5) is 0 Å². The normalized spacial score (nSPS) is 13.1. The first kappa shape index (κ1) is 24.4. The van der Waals surface area contributed by atoms with E-state index in [1.807, 2.05) is 48.6 Å². The second kappa shape index (κ2) is 16.4. The van der Waals surface area contributed by atoms with Crippen LogP contribution in [0.5, 0.6) is 5.75 Å². The van der Waals surface area contributed by atoms with Gasteiger partial charge < -0.3 is 14.2 Å². The van der Waals surface area contributed by atoms with E-state index in [9.17, 15) is 4.79 Å². The van der Waals surface area contributed by atoms with Gasteiger partial charge in [-0.25, -0.2) is 0 Å². The molecule has 1 aromatic rings. The van der Waals surface area contributed by atoms with Gasteiger partial charge in [0.25, 0.3) is 0 Å². The maximum atomic E-state index is 11.3. The molecule has 0 aliphatic rings. The molecule has 4 nitrogen and oxygen atoms in total. The molecule has 0 unspecified atom stereocenters. The number of esters is 1. The summed E-state index contributed by atoms with van der Waals surface area (Å²) in [6, 6.07) is 7.48. The first-order valence-electron chi connectivity index (χ1n) is 10.2. The summed E-state index contributed by atoms with van der Waals surface area (Å²) in [7, 11) is 3.09. The minimum Gasteiger partial charge on any atom is -0.493 e. The van der Waals surface area contributed by atoms with E-state index in [1.165, 1.54) is 7.11 Å². The van der Waals surface area contributed by atoms with Crippen molar-refractivity contribution in [3.05, 3.63) is 78.4 Å². The van der Waals surface area contributed by atoms with Crippen LogP contribution in [0.1, 0.15) is 38.2 Å². The fourth-order valence-corrected chi connectivity index (χ4v) is 2.50. The van der Waals surface area contributed by atoms with Gasteiger partial charge in [-0.15, -0.1) is 0 Å². The second-order valence-corrected chi connectivity index (χ2v) is 6.46. The number of methoxy groups -OCH3 is 2. The zero-order valence-electron chi connectivity index (χ0n) is 17.9. The lowest BCUT2D eigenvalue weighted by molar-refractivity contribution is -0.139. The summed E-state index contributed by atoms with van der Waals surface area (Å²) in [6.07, 6.45) is 21.0. The van der Waals surface area contributed by atoms with Crippen LogP contribution in [-0.2, 0) is 20.7 Å². The highest BCUT2D eigenvalue weighted by Crippen LogP contribution is 2.14. The van der Waals surface area contributed by atoms with Crippen LogP contribution in [0.15, 0.2) is 72.9 Å². The van der Waals surface area contributed by atoms with Crippen molar-refractivity contribution in [3.63, 3.8) is 0 Å². The topological polar surface area (TPSA) is 44.8 Å².